The highest BCUT2D eigenvalue weighted by molar-refractivity contribution is 5.80. The van der Waals surface area contributed by atoms with Crippen LogP contribution in [0.15, 0.2) is 146 Å². The van der Waals surface area contributed by atoms with Gasteiger partial charge in [-0.25, -0.2) is 5.84 Å². The fourth-order valence-electron chi connectivity index (χ4n) is 4.22. The van der Waals surface area contributed by atoms with Gasteiger partial charge in [-0.05, 0) is 65.6 Å². The van der Waals surface area contributed by atoms with E-state index in [0.29, 0.717) is 17.2 Å². The number of aromatic nitrogens is 1. The average Bonchev–Trinajstić information content (AvgIpc) is 3.04. The molecule has 1 aromatic heterocycles. The van der Waals surface area contributed by atoms with Gasteiger partial charge in [0.25, 0.3) is 0 Å². The molecular weight excluding hydrogens is 502 g/mol. The van der Waals surface area contributed by atoms with Crippen molar-refractivity contribution in [3.63, 3.8) is 0 Å². The van der Waals surface area contributed by atoms with E-state index in [1.165, 1.54) is 10.6 Å². The van der Waals surface area contributed by atoms with E-state index in [1.54, 1.807) is 6.20 Å². The lowest BCUT2D eigenvalue weighted by atomic mass is 10.0. The quantitative estimate of drug-likeness (QED) is 0.121. The minimum absolute atomic E-state index is 0.391. The number of rotatable bonds is 10. The molecule has 4 aromatic rings. The first kappa shape index (κ1) is 30.7. The summed E-state index contributed by atoms with van der Waals surface area (Å²) in [4.78, 5) is 6.81. The van der Waals surface area contributed by atoms with Crippen molar-refractivity contribution in [3.05, 3.63) is 162 Å². The van der Waals surface area contributed by atoms with E-state index in [1.807, 2.05) is 87.5 Å². The summed E-state index contributed by atoms with van der Waals surface area (Å²) in [5, 5.41) is 1.45. The van der Waals surface area contributed by atoms with Crippen LogP contribution in [0.5, 0.6) is 0 Å². The summed E-state index contributed by atoms with van der Waals surface area (Å²) in [6.45, 7) is 10.4. The number of pyridine rings is 1. The normalized spacial score (nSPS) is 11.8. The molecule has 0 aliphatic carbocycles. The third-order valence-electron chi connectivity index (χ3n) is 6.50. The highest BCUT2D eigenvalue weighted by atomic mass is 15.4. The molecule has 3 aromatic carbocycles. The van der Waals surface area contributed by atoms with Gasteiger partial charge in [-0.3, -0.25) is 9.99 Å². The minimum atomic E-state index is 0.391. The lowest BCUT2D eigenvalue weighted by Crippen LogP contribution is -2.35. The zero-order chi connectivity index (χ0) is 29.6. The van der Waals surface area contributed by atoms with Gasteiger partial charge in [0.15, 0.2) is 0 Å². The van der Waals surface area contributed by atoms with E-state index in [4.69, 9.17) is 11.6 Å². The Hall–Kier alpha value is -4.87. The van der Waals surface area contributed by atoms with Gasteiger partial charge >= 0.3 is 0 Å². The van der Waals surface area contributed by atoms with E-state index >= 15 is 0 Å². The molecule has 0 aliphatic heterocycles. The molecule has 0 unspecified atom stereocenters. The maximum Gasteiger partial charge on any atom is 0.118 e. The number of anilines is 2. The van der Waals surface area contributed by atoms with Gasteiger partial charge < -0.3 is 10.6 Å². The third kappa shape index (κ3) is 8.56. The minimum Gasteiger partial charge on any atom is -0.384 e. The van der Waals surface area contributed by atoms with Crippen molar-refractivity contribution in [1.29, 1.82) is 0 Å². The molecule has 0 spiro atoms. The van der Waals surface area contributed by atoms with Crippen LogP contribution >= 0.6 is 0 Å². The topological polar surface area (TPSA) is 71.4 Å². The van der Waals surface area contributed by atoms with Crippen molar-refractivity contribution in [2.45, 2.75) is 27.2 Å². The molecule has 0 bridgehead atoms. The summed E-state index contributed by atoms with van der Waals surface area (Å²) in [5.41, 5.74) is 14.0. The number of hydrogen-bond acceptors (Lipinski definition) is 5. The first-order chi connectivity index (χ1) is 19.9. The van der Waals surface area contributed by atoms with Crippen molar-refractivity contribution < 1.29 is 0 Å². The average molecular weight is 544 g/mol. The number of para-hydroxylation sites is 1. The van der Waals surface area contributed by atoms with E-state index in [9.17, 15) is 0 Å². The van der Waals surface area contributed by atoms with E-state index in [2.05, 4.69) is 78.1 Å². The fourth-order valence-corrected chi connectivity index (χ4v) is 4.22. The Morgan fingerprint density at radius 2 is 1.41 bits per heavy atom. The summed E-state index contributed by atoms with van der Waals surface area (Å²) >= 11 is 0. The van der Waals surface area contributed by atoms with Crippen LogP contribution in [0.2, 0.25) is 0 Å². The molecule has 0 saturated heterocycles. The second kappa shape index (κ2) is 15.7. The Balaban J connectivity index is 0.00000226. The second-order valence-electron chi connectivity index (χ2n) is 9.27. The summed E-state index contributed by atoms with van der Waals surface area (Å²) in [5.74, 6) is 6.90. The molecule has 4 rings (SSSR count). The lowest BCUT2D eigenvalue weighted by Gasteiger charge is -2.25. The molecule has 0 fully saturated rings. The number of nitrogens with zero attached hydrogens (tertiary/aromatic N) is 3. The van der Waals surface area contributed by atoms with Gasteiger partial charge in [-0.1, -0.05) is 105 Å². The maximum atomic E-state index is 6.51. The number of allylic oxidation sites excluding steroid dienone is 6. The standard InChI is InChI=1S/C34H35N5.C2H6/c1-26(29-16-9-5-10-17-29)21-22-33(35)39(36)32-20-13-23-37-34(32)27(2)24-31(25-28-14-7-4-8-15-28)38(3)30-18-11-6-12-19-30;1-2/h4-24H,2,25,35-36H2,1,3H3;1-2H3/b26-21+,31-24+,33-22+;. The van der Waals surface area contributed by atoms with E-state index < -0.39 is 0 Å². The van der Waals surface area contributed by atoms with Crippen molar-refractivity contribution in [1.82, 2.24) is 4.98 Å². The molecule has 41 heavy (non-hydrogen) atoms. The summed E-state index contributed by atoms with van der Waals surface area (Å²) < 4.78 is 0. The Morgan fingerprint density at radius 3 is 2.05 bits per heavy atom. The SMILES string of the molecule is C=C(/C=C(\Cc1ccccc1)N(C)c1ccccc1)c1ncccc1N(N)/C(N)=C/C=C(\C)c1ccccc1.CC. The van der Waals surface area contributed by atoms with Gasteiger partial charge in [0.1, 0.15) is 5.82 Å². The monoisotopic (exact) mass is 543 g/mol. The zero-order valence-electron chi connectivity index (χ0n) is 24.5. The van der Waals surface area contributed by atoms with Crippen LogP contribution < -0.4 is 21.5 Å². The first-order valence-electron chi connectivity index (χ1n) is 13.9. The molecule has 1 heterocycles. The maximum absolute atomic E-state index is 6.51. The molecule has 0 amide bonds. The van der Waals surface area contributed by atoms with Crippen LogP contribution in [0.25, 0.3) is 11.1 Å². The second-order valence-corrected chi connectivity index (χ2v) is 9.27. The van der Waals surface area contributed by atoms with Gasteiger partial charge in [0.05, 0.1) is 11.4 Å². The highest BCUT2D eigenvalue weighted by Crippen LogP contribution is 2.28. The van der Waals surface area contributed by atoms with Gasteiger partial charge in [-0.15, -0.1) is 0 Å². The van der Waals surface area contributed by atoms with Crippen molar-refractivity contribution >= 4 is 22.5 Å². The number of benzene rings is 3. The molecule has 0 saturated carbocycles. The smallest absolute Gasteiger partial charge is 0.118 e. The Labute approximate surface area is 245 Å². The molecule has 4 N–H and O–H groups in total. The number of hydrazine groups is 1. The third-order valence-corrected chi connectivity index (χ3v) is 6.50. The van der Waals surface area contributed by atoms with Crippen LogP contribution in [-0.2, 0) is 6.42 Å². The zero-order valence-corrected chi connectivity index (χ0v) is 24.5. The van der Waals surface area contributed by atoms with Crippen LogP contribution in [0.4, 0.5) is 11.4 Å². The highest BCUT2D eigenvalue weighted by Gasteiger charge is 2.15. The number of hydrogen-bond donors (Lipinski definition) is 2. The number of nitrogens with two attached hydrogens (primary N) is 2. The summed E-state index contributed by atoms with van der Waals surface area (Å²) in [6, 6.07) is 34.5. The predicted molar refractivity (Wildman–Crippen MR) is 177 cm³/mol. The number of likely N-dealkylation sites (N-methyl/N-ethyl adjacent to an activating group) is 1. The van der Waals surface area contributed by atoms with Gasteiger partial charge in [0.2, 0.25) is 0 Å². The van der Waals surface area contributed by atoms with Gasteiger partial charge in [0, 0.05) is 31.0 Å². The van der Waals surface area contributed by atoms with E-state index in [0.717, 1.165) is 34.5 Å². The van der Waals surface area contributed by atoms with Crippen LogP contribution in [-0.4, -0.2) is 12.0 Å². The molecule has 5 nitrogen and oxygen atoms in total. The lowest BCUT2D eigenvalue weighted by molar-refractivity contribution is 0.963. The largest absolute Gasteiger partial charge is 0.384 e. The van der Waals surface area contributed by atoms with E-state index in [-0.39, 0.29) is 0 Å². The molecule has 210 valence electrons. The predicted octanol–water partition coefficient (Wildman–Crippen LogP) is 7.97. The van der Waals surface area contributed by atoms with Crippen LogP contribution in [0, 0.1) is 0 Å². The molecule has 0 radical (unpaired) electrons. The Morgan fingerprint density at radius 1 is 0.829 bits per heavy atom. The molecular formula is C36H41N5. The molecule has 0 aliphatic rings. The Bertz CT molecular complexity index is 1470. The molecule has 0 atom stereocenters. The van der Waals surface area contributed by atoms with Crippen LogP contribution in [0.1, 0.15) is 37.6 Å². The first-order valence-corrected chi connectivity index (χ1v) is 13.9. The summed E-state index contributed by atoms with van der Waals surface area (Å²) in [6.07, 6.45) is 8.30. The summed E-state index contributed by atoms with van der Waals surface area (Å²) in [7, 11) is 2.06. The molecule has 5 heteroatoms. The van der Waals surface area contributed by atoms with Crippen molar-refractivity contribution in [2.24, 2.45) is 11.6 Å². The van der Waals surface area contributed by atoms with Crippen LogP contribution in [0.3, 0.4) is 0 Å². The van der Waals surface area contributed by atoms with Gasteiger partial charge in [-0.2, -0.15) is 0 Å². The Kier molecular flexibility index (Phi) is 11.7. The van der Waals surface area contributed by atoms with Crippen molar-refractivity contribution in [3.8, 4) is 0 Å². The van der Waals surface area contributed by atoms with Crippen molar-refractivity contribution in [2.75, 3.05) is 17.0 Å². The fraction of sp³-hybridized carbons (Fsp3) is 0.139.